The Morgan fingerprint density at radius 3 is 2.44 bits per heavy atom. The summed E-state index contributed by atoms with van der Waals surface area (Å²) >= 11 is 17.2. The average Bonchev–Trinajstić information content (AvgIpc) is 2.72. The van der Waals surface area contributed by atoms with Crippen molar-refractivity contribution in [1.29, 1.82) is 0 Å². The molecule has 2 nitrogen and oxygen atoms in total. The molecular weight excluding hydrogens is 355 g/mol. The number of thiophene rings is 1. The summed E-state index contributed by atoms with van der Waals surface area (Å²) in [6, 6.07) is 5.71. The zero-order valence-electron chi connectivity index (χ0n) is 9.34. The molecule has 0 saturated heterocycles. The van der Waals surface area contributed by atoms with E-state index in [0.717, 1.165) is 16.6 Å². The Kier molecular flexibility index (Phi) is 4.92. The van der Waals surface area contributed by atoms with Gasteiger partial charge in [0.05, 0.1) is 15.7 Å². The zero-order valence-corrected chi connectivity index (χ0v) is 13.3. The van der Waals surface area contributed by atoms with Crippen LogP contribution in [0.4, 0.5) is 5.69 Å². The fourth-order valence-corrected chi connectivity index (χ4v) is 3.50. The van der Waals surface area contributed by atoms with Gasteiger partial charge in [-0.25, -0.2) is 0 Å². The van der Waals surface area contributed by atoms with Crippen molar-refractivity contribution in [3.05, 3.63) is 48.5 Å². The fourth-order valence-electron chi connectivity index (χ4n) is 1.51. The number of hydrogen-bond donors (Lipinski definition) is 2. The van der Waals surface area contributed by atoms with Crippen LogP contribution in [0.15, 0.2) is 28.1 Å². The Morgan fingerprint density at radius 2 is 1.89 bits per heavy atom. The Balaban J connectivity index is 1.97. The third kappa shape index (κ3) is 3.39. The largest absolute Gasteiger partial charge is 0.396 e. The maximum absolute atomic E-state index is 5.98. The van der Waals surface area contributed by atoms with Crippen LogP contribution in [-0.2, 0) is 13.1 Å². The second-order valence-electron chi connectivity index (χ2n) is 3.77. The van der Waals surface area contributed by atoms with Crippen molar-refractivity contribution in [3.63, 3.8) is 0 Å². The monoisotopic (exact) mass is 364 g/mol. The first-order chi connectivity index (χ1) is 8.58. The van der Waals surface area contributed by atoms with Crippen LogP contribution in [0.3, 0.4) is 0 Å². The van der Waals surface area contributed by atoms with Gasteiger partial charge in [0.2, 0.25) is 0 Å². The number of nitrogens with one attached hydrogen (secondary N) is 1. The summed E-state index contributed by atoms with van der Waals surface area (Å²) in [6.45, 7) is 1.50. The molecule has 3 N–H and O–H groups in total. The maximum Gasteiger partial charge on any atom is 0.0693 e. The molecule has 0 unspecified atom stereocenters. The summed E-state index contributed by atoms with van der Waals surface area (Å²) in [5, 5.41) is 6.39. The molecule has 0 aliphatic rings. The summed E-state index contributed by atoms with van der Waals surface area (Å²) in [7, 11) is 0. The van der Waals surface area contributed by atoms with E-state index in [0.29, 0.717) is 22.3 Å². The maximum atomic E-state index is 5.98. The number of anilines is 1. The van der Waals surface area contributed by atoms with Crippen LogP contribution in [0.25, 0.3) is 0 Å². The van der Waals surface area contributed by atoms with Gasteiger partial charge < -0.3 is 11.1 Å². The molecule has 2 aromatic rings. The van der Waals surface area contributed by atoms with Gasteiger partial charge in [-0.15, -0.1) is 11.3 Å². The summed E-state index contributed by atoms with van der Waals surface area (Å²) in [5.41, 5.74) is 7.14. The fraction of sp³-hybridized carbons (Fsp3) is 0.167. The molecular formula is C12H11BrCl2N2S. The molecule has 1 heterocycles. The number of halogens is 3. The molecule has 0 saturated carbocycles. The smallest absolute Gasteiger partial charge is 0.0693 e. The predicted octanol–water partition coefficient (Wildman–Crippen LogP) is 4.69. The summed E-state index contributed by atoms with van der Waals surface area (Å²) in [5.74, 6) is 0. The molecule has 2 rings (SSSR count). The summed E-state index contributed by atoms with van der Waals surface area (Å²) in [6.07, 6.45) is 0. The molecule has 6 heteroatoms. The van der Waals surface area contributed by atoms with Gasteiger partial charge in [0.1, 0.15) is 0 Å². The molecule has 0 bridgehead atoms. The minimum atomic E-state index is 0.433. The van der Waals surface area contributed by atoms with Crippen LogP contribution in [-0.4, -0.2) is 0 Å². The first-order valence-electron chi connectivity index (χ1n) is 5.24. The Bertz CT molecular complexity index is 534. The number of hydrogen-bond acceptors (Lipinski definition) is 3. The standard InChI is InChI=1S/C12H11BrCl2N2S/c13-8-1-2-18-11(8)6-17-5-7-3-9(14)12(16)10(15)4-7/h1-4,17H,5-6,16H2. The Hall–Kier alpha value is -0.260. The van der Waals surface area contributed by atoms with E-state index in [9.17, 15) is 0 Å². The zero-order chi connectivity index (χ0) is 13.1. The predicted molar refractivity (Wildman–Crippen MR) is 83.4 cm³/mol. The quantitative estimate of drug-likeness (QED) is 0.771. The highest BCUT2D eigenvalue weighted by Crippen LogP contribution is 2.29. The molecule has 0 aliphatic carbocycles. The number of rotatable bonds is 4. The van der Waals surface area contributed by atoms with Crippen molar-refractivity contribution in [1.82, 2.24) is 5.32 Å². The van der Waals surface area contributed by atoms with E-state index in [1.807, 2.05) is 18.2 Å². The molecule has 1 aromatic heterocycles. The minimum Gasteiger partial charge on any atom is -0.396 e. The van der Waals surface area contributed by atoms with E-state index in [1.165, 1.54) is 4.88 Å². The molecule has 0 radical (unpaired) electrons. The molecule has 96 valence electrons. The summed E-state index contributed by atoms with van der Waals surface area (Å²) < 4.78 is 1.13. The van der Waals surface area contributed by atoms with Gasteiger partial charge in [-0.05, 0) is 45.1 Å². The Morgan fingerprint density at radius 1 is 1.22 bits per heavy atom. The topological polar surface area (TPSA) is 38.0 Å². The lowest BCUT2D eigenvalue weighted by molar-refractivity contribution is 0.699. The van der Waals surface area contributed by atoms with Crippen molar-refractivity contribution in [2.45, 2.75) is 13.1 Å². The normalized spacial score (nSPS) is 10.8. The van der Waals surface area contributed by atoms with E-state index in [2.05, 4.69) is 26.6 Å². The lowest BCUT2D eigenvalue weighted by Crippen LogP contribution is -2.12. The molecule has 0 amide bonds. The number of benzene rings is 1. The highest BCUT2D eigenvalue weighted by atomic mass is 79.9. The van der Waals surface area contributed by atoms with Crippen molar-refractivity contribution in [2.24, 2.45) is 0 Å². The first kappa shape index (κ1) is 14.2. The van der Waals surface area contributed by atoms with Gasteiger partial charge >= 0.3 is 0 Å². The van der Waals surface area contributed by atoms with Gasteiger partial charge in [-0.3, -0.25) is 0 Å². The van der Waals surface area contributed by atoms with Gasteiger partial charge in [-0.1, -0.05) is 23.2 Å². The van der Waals surface area contributed by atoms with Gasteiger partial charge in [0.15, 0.2) is 0 Å². The summed E-state index contributed by atoms with van der Waals surface area (Å²) in [4.78, 5) is 1.27. The lowest BCUT2D eigenvalue weighted by atomic mass is 10.2. The van der Waals surface area contributed by atoms with Gasteiger partial charge in [0.25, 0.3) is 0 Å². The second kappa shape index (κ2) is 6.26. The van der Waals surface area contributed by atoms with Crippen molar-refractivity contribution < 1.29 is 0 Å². The van der Waals surface area contributed by atoms with Crippen LogP contribution in [0, 0.1) is 0 Å². The van der Waals surface area contributed by atoms with Crippen molar-refractivity contribution >= 4 is 56.2 Å². The minimum absolute atomic E-state index is 0.433. The van der Waals surface area contributed by atoms with Crippen LogP contribution >= 0.6 is 50.5 Å². The second-order valence-corrected chi connectivity index (χ2v) is 6.44. The molecule has 18 heavy (non-hydrogen) atoms. The van der Waals surface area contributed by atoms with Crippen LogP contribution in [0.1, 0.15) is 10.4 Å². The lowest BCUT2D eigenvalue weighted by Gasteiger charge is -2.07. The molecule has 0 aliphatic heterocycles. The third-order valence-corrected chi connectivity index (χ3v) is 5.00. The number of nitrogen functional groups attached to an aromatic ring is 1. The van der Waals surface area contributed by atoms with Crippen LogP contribution < -0.4 is 11.1 Å². The third-order valence-electron chi connectivity index (χ3n) is 2.44. The molecule has 1 aromatic carbocycles. The van der Waals surface area contributed by atoms with Crippen LogP contribution in [0.2, 0.25) is 10.0 Å². The van der Waals surface area contributed by atoms with E-state index in [1.54, 1.807) is 11.3 Å². The van der Waals surface area contributed by atoms with E-state index >= 15 is 0 Å². The SMILES string of the molecule is Nc1c(Cl)cc(CNCc2sccc2Br)cc1Cl. The molecule has 0 atom stereocenters. The average molecular weight is 366 g/mol. The van der Waals surface area contributed by atoms with Gasteiger partial charge in [0, 0.05) is 22.4 Å². The first-order valence-corrected chi connectivity index (χ1v) is 7.66. The van der Waals surface area contributed by atoms with Crippen LogP contribution in [0.5, 0.6) is 0 Å². The molecule has 0 spiro atoms. The van der Waals surface area contributed by atoms with E-state index in [4.69, 9.17) is 28.9 Å². The van der Waals surface area contributed by atoms with Crippen molar-refractivity contribution in [3.8, 4) is 0 Å². The van der Waals surface area contributed by atoms with E-state index in [-0.39, 0.29) is 0 Å². The van der Waals surface area contributed by atoms with E-state index < -0.39 is 0 Å². The highest BCUT2D eigenvalue weighted by molar-refractivity contribution is 9.10. The Labute approximate surface area is 128 Å². The van der Waals surface area contributed by atoms with Gasteiger partial charge in [-0.2, -0.15) is 0 Å². The highest BCUT2D eigenvalue weighted by Gasteiger charge is 2.05. The number of nitrogens with two attached hydrogens (primary N) is 1. The molecule has 0 fully saturated rings. The van der Waals surface area contributed by atoms with Crippen molar-refractivity contribution in [2.75, 3.05) is 5.73 Å².